The van der Waals surface area contributed by atoms with E-state index in [1.165, 1.54) is 10.8 Å². The van der Waals surface area contributed by atoms with Gasteiger partial charge in [0.15, 0.2) is 5.76 Å². The normalized spacial score (nSPS) is 10.8. The Balaban J connectivity index is 1.70. The zero-order valence-corrected chi connectivity index (χ0v) is 12.7. The first-order valence-corrected chi connectivity index (χ1v) is 7.43. The van der Waals surface area contributed by atoms with Crippen LogP contribution in [0.2, 0.25) is 0 Å². The fourth-order valence-electron chi connectivity index (χ4n) is 2.62. The summed E-state index contributed by atoms with van der Waals surface area (Å²) in [6.45, 7) is 0. The van der Waals surface area contributed by atoms with Gasteiger partial charge in [-0.1, -0.05) is 36.4 Å². The monoisotopic (exact) mass is 301 g/mol. The molecule has 3 nitrogen and oxygen atoms in total. The third-order valence-corrected chi connectivity index (χ3v) is 3.88. The zero-order chi connectivity index (χ0) is 15.6. The fraction of sp³-hybridized carbons (Fsp3) is 0.0500. The second-order valence-electron chi connectivity index (χ2n) is 5.32. The van der Waals surface area contributed by atoms with E-state index in [4.69, 9.17) is 9.15 Å². The second-order valence-corrected chi connectivity index (χ2v) is 5.32. The molecular formula is C20H15NO2. The van der Waals surface area contributed by atoms with Crippen molar-refractivity contribution in [3.05, 3.63) is 72.9 Å². The molecule has 4 rings (SSSR count). The minimum absolute atomic E-state index is 0.607. The van der Waals surface area contributed by atoms with Gasteiger partial charge in [0, 0.05) is 11.1 Å². The number of methoxy groups -OCH3 is 1. The predicted octanol–water partition coefficient (Wildman–Crippen LogP) is 5.17. The molecule has 1 heterocycles. The van der Waals surface area contributed by atoms with E-state index in [0.717, 1.165) is 22.6 Å². The molecule has 0 aliphatic rings. The highest BCUT2D eigenvalue weighted by molar-refractivity contribution is 5.86. The summed E-state index contributed by atoms with van der Waals surface area (Å²) in [6, 6.07) is 22.2. The van der Waals surface area contributed by atoms with Crippen LogP contribution in [0.5, 0.6) is 5.75 Å². The molecule has 1 aromatic heterocycles. The van der Waals surface area contributed by atoms with Gasteiger partial charge in [0.05, 0.1) is 13.3 Å². The molecule has 3 heteroatoms. The Kier molecular flexibility index (Phi) is 3.31. The third kappa shape index (κ3) is 2.57. The van der Waals surface area contributed by atoms with Gasteiger partial charge in [-0.15, -0.1) is 0 Å². The van der Waals surface area contributed by atoms with E-state index in [1.807, 2.05) is 36.4 Å². The summed E-state index contributed by atoms with van der Waals surface area (Å²) in [5.74, 6) is 2.19. The van der Waals surface area contributed by atoms with Crippen LogP contribution in [0, 0.1) is 0 Å². The van der Waals surface area contributed by atoms with Crippen molar-refractivity contribution < 1.29 is 9.15 Å². The fourth-order valence-corrected chi connectivity index (χ4v) is 2.62. The standard InChI is InChI=1S/C20H15NO2/c1-22-18-10-8-15(9-11-18)20-21-13-19(23-20)17-7-6-14-4-2-3-5-16(14)12-17/h2-13H,1H3. The van der Waals surface area contributed by atoms with Gasteiger partial charge in [0.2, 0.25) is 5.89 Å². The molecule has 0 saturated carbocycles. The van der Waals surface area contributed by atoms with Crippen molar-refractivity contribution in [2.45, 2.75) is 0 Å². The minimum atomic E-state index is 0.607. The van der Waals surface area contributed by atoms with Crippen molar-refractivity contribution in [3.63, 3.8) is 0 Å². The average molecular weight is 301 g/mol. The number of rotatable bonds is 3. The molecule has 0 amide bonds. The highest BCUT2D eigenvalue weighted by Crippen LogP contribution is 2.29. The van der Waals surface area contributed by atoms with E-state index in [1.54, 1.807) is 13.3 Å². The minimum Gasteiger partial charge on any atom is -0.497 e. The molecule has 0 unspecified atom stereocenters. The molecule has 4 aromatic rings. The molecule has 0 aliphatic carbocycles. The first-order valence-electron chi connectivity index (χ1n) is 7.43. The molecule has 3 aromatic carbocycles. The van der Waals surface area contributed by atoms with Gasteiger partial charge < -0.3 is 9.15 Å². The van der Waals surface area contributed by atoms with Gasteiger partial charge in [-0.2, -0.15) is 0 Å². The van der Waals surface area contributed by atoms with Gasteiger partial charge in [-0.05, 0) is 41.1 Å². The molecule has 0 fully saturated rings. The first-order chi connectivity index (χ1) is 11.3. The predicted molar refractivity (Wildman–Crippen MR) is 91.4 cm³/mol. The van der Waals surface area contributed by atoms with Crippen molar-refractivity contribution >= 4 is 10.8 Å². The molecule has 0 bridgehead atoms. The van der Waals surface area contributed by atoms with Gasteiger partial charge >= 0.3 is 0 Å². The summed E-state index contributed by atoms with van der Waals surface area (Å²) >= 11 is 0. The summed E-state index contributed by atoms with van der Waals surface area (Å²) in [7, 11) is 1.65. The van der Waals surface area contributed by atoms with Crippen LogP contribution >= 0.6 is 0 Å². The Hall–Kier alpha value is -3.07. The number of aromatic nitrogens is 1. The van der Waals surface area contributed by atoms with Crippen molar-refractivity contribution in [2.24, 2.45) is 0 Å². The molecular weight excluding hydrogens is 286 g/mol. The van der Waals surface area contributed by atoms with Crippen molar-refractivity contribution in [1.82, 2.24) is 4.98 Å². The molecule has 0 N–H and O–H groups in total. The summed E-state index contributed by atoms with van der Waals surface area (Å²) in [5.41, 5.74) is 1.95. The maximum absolute atomic E-state index is 5.93. The van der Waals surface area contributed by atoms with Crippen LogP contribution in [-0.2, 0) is 0 Å². The highest BCUT2D eigenvalue weighted by Gasteiger charge is 2.09. The number of benzene rings is 3. The van der Waals surface area contributed by atoms with Gasteiger partial charge in [0.1, 0.15) is 5.75 Å². The maximum Gasteiger partial charge on any atom is 0.226 e. The van der Waals surface area contributed by atoms with Crippen molar-refractivity contribution in [3.8, 4) is 28.5 Å². The molecule has 0 radical (unpaired) electrons. The van der Waals surface area contributed by atoms with Crippen LogP contribution in [0.4, 0.5) is 0 Å². The smallest absolute Gasteiger partial charge is 0.226 e. The number of fused-ring (bicyclic) bond motifs is 1. The van der Waals surface area contributed by atoms with E-state index in [2.05, 4.69) is 35.3 Å². The number of ether oxygens (including phenoxy) is 1. The lowest BCUT2D eigenvalue weighted by molar-refractivity contribution is 0.415. The molecule has 23 heavy (non-hydrogen) atoms. The number of nitrogens with zero attached hydrogens (tertiary/aromatic N) is 1. The first kappa shape index (κ1) is 13.6. The van der Waals surface area contributed by atoms with Crippen LogP contribution in [0.3, 0.4) is 0 Å². The Morgan fingerprint density at radius 2 is 1.57 bits per heavy atom. The SMILES string of the molecule is COc1ccc(-c2ncc(-c3ccc4ccccc4c3)o2)cc1. The van der Waals surface area contributed by atoms with Crippen LogP contribution in [-0.4, -0.2) is 12.1 Å². The maximum atomic E-state index is 5.93. The van der Waals surface area contributed by atoms with Gasteiger partial charge in [-0.3, -0.25) is 0 Å². The molecule has 0 saturated heterocycles. The quantitative estimate of drug-likeness (QED) is 0.523. The lowest BCUT2D eigenvalue weighted by Gasteiger charge is -2.01. The lowest BCUT2D eigenvalue weighted by Crippen LogP contribution is -1.82. The van der Waals surface area contributed by atoms with Crippen LogP contribution in [0.25, 0.3) is 33.6 Å². The second kappa shape index (κ2) is 5.61. The van der Waals surface area contributed by atoms with Gasteiger partial charge in [0.25, 0.3) is 0 Å². The Bertz CT molecular complexity index is 955. The van der Waals surface area contributed by atoms with E-state index in [0.29, 0.717) is 5.89 Å². The molecule has 0 spiro atoms. The van der Waals surface area contributed by atoms with E-state index >= 15 is 0 Å². The van der Waals surface area contributed by atoms with Crippen LogP contribution < -0.4 is 4.74 Å². The van der Waals surface area contributed by atoms with E-state index in [9.17, 15) is 0 Å². The topological polar surface area (TPSA) is 35.3 Å². The molecule has 0 atom stereocenters. The van der Waals surface area contributed by atoms with Gasteiger partial charge in [-0.25, -0.2) is 4.98 Å². The molecule has 0 aliphatic heterocycles. The number of hydrogen-bond donors (Lipinski definition) is 0. The number of hydrogen-bond acceptors (Lipinski definition) is 3. The number of oxazole rings is 1. The van der Waals surface area contributed by atoms with Crippen LogP contribution in [0.15, 0.2) is 77.3 Å². The van der Waals surface area contributed by atoms with E-state index in [-0.39, 0.29) is 0 Å². The lowest BCUT2D eigenvalue weighted by atomic mass is 10.1. The summed E-state index contributed by atoms with van der Waals surface area (Å²) in [5, 5.41) is 2.40. The van der Waals surface area contributed by atoms with Crippen molar-refractivity contribution in [1.29, 1.82) is 0 Å². The summed E-state index contributed by atoms with van der Waals surface area (Å²) in [6.07, 6.45) is 1.77. The zero-order valence-electron chi connectivity index (χ0n) is 12.7. The highest BCUT2D eigenvalue weighted by atomic mass is 16.5. The Morgan fingerprint density at radius 3 is 2.35 bits per heavy atom. The third-order valence-electron chi connectivity index (χ3n) is 3.88. The Labute approximate surface area is 134 Å². The molecule has 112 valence electrons. The van der Waals surface area contributed by atoms with Crippen LogP contribution in [0.1, 0.15) is 0 Å². The van der Waals surface area contributed by atoms with Crippen molar-refractivity contribution in [2.75, 3.05) is 7.11 Å². The Morgan fingerprint density at radius 1 is 0.826 bits per heavy atom. The summed E-state index contributed by atoms with van der Waals surface area (Å²) < 4.78 is 11.1. The average Bonchev–Trinajstić information content (AvgIpc) is 3.11. The largest absolute Gasteiger partial charge is 0.497 e. The van der Waals surface area contributed by atoms with E-state index < -0.39 is 0 Å². The summed E-state index contributed by atoms with van der Waals surface area (Å²) in [4.78, 5) is 4.39.